The molecule has 0 atom stereocenters. The molecule has 23 heavy (non-hydrogen) atoms. The van der Waals surface area contributed by atoms with Gasteiger partial charge in [0.15, 0.2) is 0 Å². The van der Waals surface area contributed by atoms with Gasteiger partial charge in [0.05, 0.1) is 5.56 Å². The van der Waals surface area contributed by atoms with E-state index in [1.54, 1.807) is 18.2 Å². The average molecular weight is 317 g/mol. The van der Waals surface area contributed by atoms with Crippen LogP contribution in [0.15, 0.2) is 24.3 Å². The Kier molecular flexibility index (Phi) is 7.11. The van der Waals surface area contributed by atoms with Crippen molar-refractivity contribution in [2.45, 2.75) is 57.8 Å². The molecule has 0 aromatic heterocycles. The Morgan fingerprint density at radius 2 is 1.70 bits per heavy atom. The Morgan fingerprint density at radius 3 is 2.39 bits per heavy atom. The first kappa shape index (κ1) is 17.5. The minimum atomic E-state index is -0.935. The van der Waals surface area contributed by atoms with Crippen LogP contribution in [-0.2, 0) is 11.2 Å². The number of carboxylic acid groups (broad SMARTS) is 1. The van der Waals surface area contributed by atoms with Gasteiger partial charge in [0, 0.05) is 13.0 Å². The molecule has 1 amide bonds. The standard InChI is InChI=1S/C19H27NO3/c21-18(20-14-15-8-4-2-1-3-5-9-15)13-12-16-10-6-7-11-17(16)19(22)23/h6-7,10-11,15H,1-5,8-9,12-14H2,(H,20,21)(H,22,23). The lowest BCUT2D eigenvalue weighted by Crippen LogP contribution is -2.30. The molecule has 0 heterocycles. The molecule has 1 fully saturated rings. The van der Waals surface area contributed by atoms with E-state index < -0.39 is 5.97 Å². The highest BCUT2D eigenvalue weighted by molar-refractivity contribution is 5.89. The van der Waals surface area contributed by atoms with Crippen LogP contribution < -0.4 is 5.32 Å². The monoisotopic (exact) mass is 317 g/mol. The minimum absolute atomic E-state index is 0.0206. The fourth-order valence-electron chi connectivity index (χ4n) is 3.29. The van der Waals surface area contributed by atoms with Gasteiger partial charge in [-0.2, -0.15) is 0 Å². The third kappa shape index (κ3) is 6.05. The number of aromatic carboxylic acids is 1. The van der Waals surface area contributed by atoms with E-state index >= 15 is 0 Å². The summed E-state index contributed by atoms with van der Waals surface area (Å²) in [5, 5.41) is 12.2. The van der Waals surface area contributed by atoms with Gasteiger partial charge in [0.1, 0.15) is 0 Å². The summed E-state index contributed by atoms with van der Waals surface area (Å²) in [5.74, 6) is -0.312. The van der Waals surface area contributed by atoms with Gasteiger partial charge in [-0.1, -0.05) is 50.3 Å². The maximum absolute atomic E-state index is 12.0. The lowest BCUT2D eigenvalue weighted by Gasteiger charge is -2.20. The zero-order valence-electron chi connectivity index (χ0n) is 13.7. The number of benzene rings is 1. The number of carbonyl (C=O) groups excluding carboxylic acids is 1. The van der Waals surface area contributed by atoms with Gasteiger partial charge in [-0.3, -0.25) is 4.79 Å². The molecule has 2 rings (SSSR count). The van der Waals surface area contributed by atoms with Gasteiger partial charge in [-0.15, -0.1) is 0 Å². The second-order valence-electron chi connectivity index (χ2n) is 6.48. The molecule has 0 bridgehead atoms. The zero-order valence-corrected chi connectivity index (χ0v) is 13.7. The fourth-order valence-corrected chi connectivity index (χ4v) is 3.29. The van der Waals surface area contributed by atoms with Crippen LogP contribution in [0.5, 0.6) is 0 Å². The molecule has 1 aliphatic carbocycles. The zero-order chi connectivity index (χ0) is 16.5. The number of hydrogen-bond donors (Lipinski definition) is 2. The summed E-state index contributed by atoms with van der Waals surface area (Å²) in [7, 11) is 0. The number of carbonyl (C=O) groups is 2. The first-order chi connectivity index (χ1) is 11.2. The van der Waals surface area contributed by atoms with E-state index in [9.17, 15) is 9.59 Å². The molecule has 1 aliphatic rings. The fraction of sp³-hybridized carbons (Fsp3) is 0.579. The number of nitrogens with one attached hydrogen (secondary N) is 1. The van der Waals surface area contributed by atoms with E-state index in [1.807, 2.05) is 6.07 Å². The van der Waals surface area contributed by atoms with Crippen molar-refractivity contribution < 1.29 is 14.7 Å². The van der Waals surface area contributed by atoms with Gasteiger partial charge < -0.3 is 10.4 Å². The lowest BCUT2D eigenvalue weighted by atomic mass is 9.91. The third-order valence-electron chi connectivity index (χ3n) is 4.68. The summed E-state index contributed by atoms with van der Waals surface area (Å²) < 4.78 is 0. The van der Waals surface area contributed by atoms with Crippen molar-refractivity contribution in [1.82, 2.24) is 5.32 Å². The summed E-state index contributed by atoms with van der Waals surface area (Å²) in [5.41, 5.74) is 1.02. The quantitative estimate of drug-likeness (QED) is 0.839. The van der Waals surface area contributed by atoms with Gasteiger partial charge in [-0.05, 0) is 36.8 Å². The van der Waals surface area contributed by atoms with Crippen molar-refractivity contribution in [3.63, 3.8) is 0 Å². The summed E-state index contributed by atoms with van der Waals surface area (Å²) >= 11 is 0. The molecule has 126 valence electrons. The largest absolute Gasteiger partial charge is 0.478 e. The number of rotatable bonds is 6. The Hall–Kier alpha value is -1.84. The second-order valence-corrected chi connectivity index (χ2v) is 6.48. The average Bonchev–Trinajstić information content (AvgIpc) is 2.52. The summed E-state index contributed by atoms with van der Waals surface area (Å²) in [6.07, 6.45) is 9.76. The SMILES string of the molecule is O=C(CCc1ccccc1C(=O)O)NCC1CCCCCCC1. The molecule has 0 spiro atoms. The number of aryl methyl sites for hydroxylation is 1. The molecule has 1 aromatic carbocycles. The number of hydrogen-bond acceptors (Lipinski definition) is 2. The van der Waals surface area contributed by atoms with E-state index in [0.717, 1.165) is 12.1 Å². The van der Waals surface area contributed by atoms with E-state index in [-0.39, 0.29) is 5.91 Å². The van der Waals surface area contributed by atoms with Crippen LogP contribution in [0.2, 0.25) is 0 Å². The van der Waals surface area contributed by atoms with Crippen LogP contribution in [0.4, 0.5) is 0 Å². The Bertz CT molecular complexity index is 519. The summed E-state index contributed by atoms with van der Waals surface area (Å²) in [4.78, 5) is 23.2. The van der Waals surface area contributed by atoms with Crippen LogP contribution in [0.3, 0.4) is 0 Å². The molecule has 2 N–H and O–H groups in total. The second kappa shape index (κ2) is 9.33. The molecule has 0 saturated heterocycles. The summed E-state index contributed by atoms with van der Waals surface area (Å²) in [6.45, 7) is 0.763. The van der Waals surface area contributed by atoms with Crippen LogP contribution in [-0.4, -0.2) is 23.5 Å². The highest BCUT2D eigenvalue weighted by Gasteiger charge is 2.14. The van der Waals surface area contributed by atoms with Crippen molar-refractivity contribution in [3.05, 3.63) is 35.4 Å². The smallest absolute Gasteiger partial charge is 0.335 e. The van der Waals surface area contributed by atoms with Crippen LogP contribution >= 0.6 is 0 Å². The van der Waals surface area contributed by atoms with Crippen molar-refractivity contribution in [3.8, 4) is 0 Å². The molecule has 1 aromatic rings. The van der Waals surface area contributed by atoms with Crippen molar-refractivity contribution in [2.75, 3.05) is 6.54 Å². The molecule has 4 nitrogen and oxygen atoms in total. The van der Waals surface area contributed by atoms with Gasteiger partial charge in [0.25, 0.3) is 0 Å². The normalized spacial score (nSPS) is 16.3. The molecular formula is C19H27NO3. The van der Waals surface area contributed by atoms with E-state index in [2.05, 4.69) is 5.32 Å². The maximum Gasteiger partial charge on any atom is 0.335 e. The first-order valence-electron chi connectivity index (χ1n) is 8.74. The molecule has 0 aliphatic heterocycles. The summed E-state index contributed by atoms with van der Waals surface area (Å²) in [6, 6.07) is 6.89. The van der Waals surface area contributed by atoms with E-state index in [1.165, 1.54) is 44.9 Å². The van der Waals surface area contributed by atoms with Gasteiger partial charge in [-0.25, -0.2) is 4.79 Å². The predicted molar refractivity (Wildman–Crippen MR) is 90.5 cm³/mol. The minimum Gasteiger partial charge on any atom is -0.478 e. The van der Waals surface area contributed by atoms with Crippen molar-refractivity contribution >= 4 is 11.9 Å². The lowest BCUT2D eigenvalue weighted by molar-refractivity contribution is -0.121. The molecular weight excluding hydrogens is 290 g/mol. The topological polar surface area (TPSA) is 66.4 Å². The molecule has 4 heteroatoms. The first-order valence-corrected chi connectivity index (χ1v) is 8.74. The Morgan fingerprint density at radius 1 is 1.04 bits per heavy atom. The molecule has 0 radical (unpaired) electrons. The molecule has 0 unspecified atom stereocenters. The van der Waals surface area contributed by atoms with Crippen molar-refractivity contribution in [2.24, 2.45) is 5.92 Å². The third-order valence-corrected chi connectivity index (χ3v) is 4.68. The van der Waals surface area contributed by atoms with E-state index in [4.69, 9.17) is 5.11 Å². The molecule has 1 saturated carbocycles. The van der Waals surface area contributed by atoms with Crippen LogP contribution in [0.25, 0.3) is 0 Å². The van der Waals surface area contributed by atoms with Crippen LogP contribution in [0, 0.1) is 5.92 Å². The predicted octanol–water partition coefficient (Wildman–Crippen LogP) is 3.79. The van der Waals surface area contributed by atoms with Crippen molar-refractivity contribution in [1.29, 1.82) is 0 Å². The number of carboxylic acids is 1. The van der Waals surface area contributed by atoms with Crippen LogP contribution in [0.1, 0.15) is 67.3 Å². The highest BCUT2D eigenvalue weighted by Crippen LogP contribution is 2.21. The number of amides is 1. The highest BCUT2D eigenvalue weighted by atomic mass is 16.4. The maximum atomic E-state index is 12.0. The Labute approximate surface area is 138 Å². The van der Waals surface area contributed by atoms with Gasteiger partial charge >= 0.3 is 5.97 Å². The van der Waals surface area contributed by atoms with E-state index in [0.29, 0.717) is 24.3 Å². The van der Waals surface area contributed by atoms with Gasteiger partial charge in [0.2, 0.25) is 5.91 Å². The Balaban J connectivity index is 1.75.